The zero-order valence-electron chi connectivity index (χ0n) is 17.8. The molecule has 6 nitrogen and oxygen atoms in total. The fourth-order valence-corrected chi connectivity index (χ4v) is 6.09. The maximum atomic E-state index is 13.7. The molecule has 0 bridgehead atoms. The van der Waals surface area contributed by atoms with E-state index in [1.807, 2.05) is 13.8 Å². The second-order valence-corrected chi connectivity index (χ2v) is 11.2. The largest absolute Gasteiger partial charge is 0.325 e. The summed E-state index contributed by atoms with van der Waals surface area (Å²) in [6, 6.07) is 4.66. The number of hydrogen-bond acceptors (Lipinski definition) is 4. The van der Waals surface area contributed by atoms with Gasteiger partial charge >= 0.3 is 0 Å². The first-order chi connectivity index (χ1) is 13.4. The predicted molar refractivity (Wildman–Crippen MR) is 113 cm³/mol. The smallest absolute Gasteiger partial charge is 0.238 e. The minimum Gasteiger partial charge on any atom is -0.325 e. The Morgan fingerprint density at radius 2 is 1.83 bits per heavy atom. The lowest BCUT2D eigenvalue weighted by Crippen LogP contribution is -2.58. The molecular formula is C21H32FN3O3S. The standard InChI is InChI=1S/C21H32FN3O3S/c1-16-17(22)6-5-7-18(16)23-19(26)14-24-12-10-21(11-13-24)9-8-20(2,3)25(15-21)29(4,27)28/h5-7H,8-15H2,1-4H3,(H,23,26). The number of sulfonamides is 1. The molecule has 2 heterocycles. The molecular weight excluding hydrogens is 393 g/mol. The maximum absolute atomic E-state index is 13.7. The number of nitrogens with one attached hydrogen (secondary N) is 1. The topological polar surface area (TPSA) is 69.7 Å². The number of rotatable bonds is 4. The van der Waals surface area contributed by atoms with Gasteiger partial charge < -0.3 is 5.32 Å². The summed E-state index contributed by atoms with van der Waals surface area (Å²) >= 11 is 0. The van der Waals surface area contributed by atoms with E-state index in [0.717, 1.165) is 38.8 Å². The van der Waals surface area contributed by atoms with Crippen molar-refractivity contribution in [3.8, 4) is 0 Å². The SMILES string of the molecule is Cc1c(F)cccc1NC(=O)CN1CCC2(CC1)CCC(C)(C)N(S(C)(=O)=O)C2. The van der Waals surface area contributed by atoms with E-state index in [2.05, 4.69) is 10.2 Å². The van der Waals surface area contributed by atoms with Crippen LogP contribution in [-0.4, -0.2) is 61.5 Å². The zero-order chi connectivity index (χ0) is 21.4. The van der Waals surface area contributed by atoms with Crippen molar-refractivity contribution in [3.63, 3.8) is 0 Å². The van der Waals surface area contributed by atoms with E-state index in [9.17, 15) is 17.6 Å². The lowest BCUT2D eigenvalue weighted by atomic mass is 9.69. The molecule has 2 aliphatic heterocycles. The Kier molecular flexibility index (Phi) is 6.09. The summed E-state index contributed by atoms with van der Waals surface area (Å²) in [7, 11) is -3.26. The van der Waals surface area contributed by atoms with E-state index in [-0.39, 0.29) is 29.2 Å². The van der Waals surface area contributed by atoms with Crippen molar-refractivity contribution in [2.45, 2.75) is 52.0 Å². The van der Waals surface area contributed by atoms with Crippen LogP contribution in [0.3, 0.4) is 0 Å². The zero-order valence-corrected chi connectivity index (χ0v) is 18.6. The molecule has 0 unspecified atom stereocenters. The lowest BCUT2D eigenvalue weighted by molar-refractivity contribution is -0.118. The van der Waals surface area contributed by atoms with E-state index in [1.165, 1.54) is 12.3 Å². The number of likely N-dealkylation sites (tertiary alicyclic amines) is 1. The first-order valence-corrected chi connectivity index (χ1v) is 12.0. The molecule has 2 saturated heterocycles. The van der Waals surface area contributed by atoms with Gasteiger partial charge in [-0.15, -0.1) is 0 Å². The van der Waals surface area contributed by atoms with Gasteiger partial charge in [0.05, 0.1) is 12.8 Å². The molecule has 8 heteroatoms. The van der Waals surface area contributed by atoms with Crippen LogP contribution >= 0.6 is 0 Å². The number of amides is 1. The van der Waals surface area contributed by atoms with Crippen molar-refractivity contribution >= 4 is 21.6 Å². The van der Waals surface area contributed by atoms with Crippen molar-refractivity contribution in [1.29, 1.82) is 0 Å². The van der Waals surface area contributed by atoms with Crippen molar-refractivity contribution in [2.24, 2.45) is 5.41 Å². The van der Waals surface area contributed by atoms with Gasteiger partial charge in [-0.25, -0.2) is 12.8 Å². The van der Waals surface area contributed by atoms with Crippen LogP contribution in [0.2, 0.25) is 0 Å². The van der Waals surface area contributed by atoms with Gasteiger partial charge in [0.15, 0.2) is 0 Å². The van der Waals surface area contributed by atoms with Crippen LogP contribution in [0, 0.1) is 18.2 Å². The van der Waals surface area contributed by atoms with E-state index < -0.39 is 10.0 Å². The number of carbonyl (C=O) groups is 1. The van der Waals surface area contributed by atoms with Gasteiger partial charge in [-0.3, -0.25) is 9.69 Å². The molecule has 1 aromatic carbocycles. The fraction of sp³-hybridized carbons (Fsp3) is 0.667. The average molecular weight is 426 g/mol. The first kappa shape index (κ1) is 22.2. The molecule has 162 valence electrons. The van der Waals surface area contributed by atoms with Crippen LogP contribution in [0.15, 0.2) is 18.2 Å². The fourth-order valence-electron chi connectivity index (χ4n) is 4.59. The number of nitrogens with zero attached hydrogens (tertiary/aromatic N) is 2. The highest BCUT2D eigenvalue weighted by Crippen LogP contribution is 2.45. The molecule has 1 spiro atoms. The first-order valence-electron chi connectivity index (χ1n) is 10.2. The van der Waals surface area contributed by atoms with Crippen LogP contribution in [0.5, 0.6) is 0 Å². The molecule has 0 radical (unpaired) electrons. The number of piperidine rings is 2. The minimum absolute atomic E-state index is 0.00920. The third-order valence-electron chi connectivity index (χ3n) is 6.65. The highest BCUT2D eigenvalue weighted by Gasteiger charge is 2.47. The van der Waals surface area contributed by atoms with Crippen LogP contribution in [0.1, 0.15) is 45.1 Å². The summed E-state index contributed by atoms with van der Waals surface area (Å²) in [5.41, 5.74) is 0.578. The molecule has 0 aliphatic carbocycles. The molecule has 29 heavy (non-hydrogen) atoms. The van der Waals surface area contributed by atoms with E-state index in [1.54, 1.807) is 23.4 Å². The van der Waals surface area contributed by atoms with Crippen LogP contribution in [-0.2, 0) is 14.8 Å². The molecule has 1 amide bonds. The van der Waals surface area contributed by atoms with Gasteiger partial charge in [-0.05, 0) is 77.1 Å². The van der Waals surface area contributed by atoms with Gasteiger partial charge in [0.25, 0.3) is 0 Å². The van der Waals surface area contributed by atoms with Crippen molar-refractivity contribution in [2.75, 3.05) is 37.8 Å². The average Bonchev–Trinajstić information content (AvgIpc) is 2.62. The highest BCUT2D eigenvalue weighted by molar-refractivity contribution is 7.88. The number of carbonyl (C=O) groups excluding carboxylic acids is 1. The normalized spacial score (nSPS) is 22.5. The van der Waals surface area contributed by atoms with Gasteiger partial charge in [-0.1, -0.05) is 6.07 Å². The summed E-state index contributed by atoms with van der Waals surface area (Å²) in [6.45, 7) is 7.97. The summed E-state index contributed by atoms with van der Waals surface area (Å²) in [5, 5.41) is 2.80. The monoisotopic (exact) mass is 425 g/mol. The predicted octanol–water partition coefficient (Wildman–Crippen LogP) is 2.99. The molecule has 0 aromatic heterocycles. The van der Waals surface area contributed by atoms with Crippen molar-refractivity contribution < 1.29 is 17.6 Å². The van der Waals surface area contributed by atoms with E-state index in [0.29, 0.717) is 17.8 Å². The Bertz CT molecular complexity index is 877. The lowest BCUT2D eigenvalue weighted by Gasteiger charge is -2.52. The summed E-state index contributed by atoms with van der Waals surface area (Å²) in [4.78, 5) is 14.5. The third kappa shape index (κ3) is 4.98. The minimum atomic E-state index is -3.26. The Labute approximate surface area is 173 Å². The molecule has 0 atom stereocenters. The van der Waals surface area contributed by atoms with Crippen LogP contribution < -0.4 is 5.32 Å². The molecule has 1 N–H and O–H groups in total. The number of anilines is 1. The summed E-state index contributed by atoms with van der Waals surface area (Å²) < 4.78 is 39.9. The number of hydrogen-bond donors (Lipinski definition) is 1. The quantitative estimate of drug-likeness (QED) is 0.805. The highest BCUT2D eigenvalue weighted by atomic mass is 32.2. The molecule has 0 saturated carbocycles. The maximum Gasteiger partial charge on any atom is 0.238 e. The second-order valence-electron chi connectivity index (χ2n) is 9.32. The second kappa shape index (κ2) is 7.96. The molecule has 2 fully saturated rings. The van der Waals surface area contributed by atoms with Gasteiger partial charge in [0.2, 0.25) is 15.9 Å². The van der Waals surface area contributed by atoms with E-state index in [4.69, 9.17) is 0 Å². The van der Waals surface area contributed by atoms with Gasteiger partial charge in [0.1, 0.15) is 5.82 Å². The van der Waals surface area contributed by atoms with Gasteiger partial charge in [0, 0.05) is 23.3 Å². The summed E-state index contributed by atoms with van der Waals surface area (Å²) in [5.74, 6) is -0.490. The van der Waals surface area contributed by atoms with Crippen molar-refractivity contribution in [3.05, 3.63) is 29.6 Å². The Hall–Kier alpha value is -1.51. The van der Waals surface area contributed by atoms with Crippen molar-refractivity contribution in [1.82, 2.24) is 9.21 Å². The Balaban J connectivity index is 1.58. The number of halogens is 1. The third-order valence-corrected chi connectivity index (χ3v) is 8.07. The Morgan fingerprint density at radius 1 is 1.17 bits per heavy atom. The van der Waals surface area contributed by atoms with Crippen LogP contribution in [0.4, 0.5) is 10.1 Å². The molecule has 1 aromatic rings. The molecule has 2 aliphatic rings. The van der Waals surface area contributed by atoms with Gasteiger partial charge in [-0.2, -0.15) is 4.31 Å². The molecule has 3 rings (SSSR count). The summed E-state index contributed by atoms with van der Waals surface area (Å²) in [6.07, 6.45) is 4.90. The van der Waals surface area contributed by atoms with E-state index >= 15 is 0 Å². The van der Waals surface area contributed by atoms with Crippen LogP contribution in [0.25, 0.3) is 0 Å². The number of benzene rings is 1. The Morgan fingerprint density at radius 3 is 2.45 bits per heavy atom.